The third-order valence-electron chi connectivity index (χ3n) is 4.70. The van der Waals surface area contributed by atoms with Gasteiger partial charge in [-0.15, -0.1) is 12.4 Å². The molecule has 1 aromatic carbocycles. The van der Waals surface area contributed by atoms with E-state index in [-0.39, 0.29) is 24.4 Å². The molecule has 0 saturated carbocycles. The normalized spacial score (nSPS) is 16.7. The third kappa shape index (κ3) is 5.94. The second-order valence-electron chi connectivity index (χ2n) is 6.55. The zero-order valence-corrected chi connectivity index (χ0v) is 16.6. The molecular weight excluding hydrogens is 362 g/mol. The van der Waals surface area contributed by atoms with Gasteiger partial charge in [-0.2, -0.15) is 0 Å². The molecule has 3 rings (SSSR count). The molecule has 1 fully saturated rings. The Morgan fingerprint density at radius 3 is 2.89 bits per heavy atom. The minimum absolute atomic E-state index is 0. The minimum atomic E-state index is 0. The number of benzene rings is 1. The SMILES string of the molecule is CCOc1cccc(C(=O)N(Cc2ccccn2)C2CCCNCC2)c1.Cl. The molecule has 0 aliphatic carbocycles. The van der Waals surface area contributed by atoms with Crippen LogP contribution in [0.3, 0.4) is 0 Å². The summed E-state index contributed by atoms with van der Waals surface area (Å²) in [5.74, 6) is 0.780. The highest BCUT2D eigenvalue weighted by Gasteiger charge is 2.26. The molecule has 1 amide bonds. The number of ether oxygens (including phenoxy) is 1. The predicted octanol–water partition coefficient (Wildman–Crippen LogP) is 3.69. The standard InChI is InChI=1S/C21H27N3O2.ClH/c1-2-26-20-10-5-7-17(15-20)21(25)24(16-18-8-3-4-13-23-18)19-9-6-12-22-14-11-19;/h3-5,7-8,10,13,15,19,22H,2,6,9,11-12,14,16H2,1H3;1H. The fourth-order valence-electron chi connectivity index (χ4n) is 3.40. The van der Waals surface area contributed by atoms with E-state index in [0.29, 0.717) is 18.7 Å². The lowest BCUT2D eigenvalue weighted by molar-refractivity contribution is 0.0642. The van der Waals surface area contributed by atoms with Crippen LogP contribution in [-0.2, 0) is 6.54 Å². The molecule has 146 valence electrons. The summed E-state index contributed by atoms with van der Waals surface area (Å²) >= 11 is 0. The molecule has 1 unspecified atom stereocenters. The third-order valence-corrected chi connectivity index (χ3v) is 4.70. The molecule has 1 aliphatic heterocycles. The highest BCUT2D eigenvalue weighted by atomic mass is 35.5. The van der Waals surface area contributed by atoms with Crippen LogP contribution in [0.2, 0.25) is 0 Å². The van der Waals surface area contributed by atoms with Gasteiger partial charge in [-0.3, -0.25) is 9.78 Å². The van der Waals surface area contributed by atoms with Gasteiger partial charge in [0.2, 0.25) is 0 Å². The van der Waals surface area contributed by atoms with Crippen molar-refractivity contribution in [3.8, 4) is 5.75 Å². The van der Waals surface area contributed by atoms with Crippen molar-refractivity contribution in [2.45, 2.75) is 38.8 Å². The summed E-state index contributed by atoms with van der Waals surface area (Å²) < 4.78 is 5.57. The van der Waals surface area contributed by atoms with Gasteiger partial charge in [0.25, 0.3) is 5.91 Å². The van der Waals surface area contributed by atoms with Crippen LogP contribution in [0.5, 0.6) is 5.75 Å². The molecule has 0 bridgehead atoms. The van der Waals surface area contributed by atoms with Crippen molar-refractivity contribution in [2.75, 3.05) is 19.7 Å². The Labute approximate surface area is 167 Å². The fourth-order valence-corrected chi connectivity index (χ4v) is 3.40. The van der Waals surface area contributed by atoms with Gasteiger partial charge in [0.15, 0.2) is 0 Å². The molecule has 5 nitrogen and oxygen atoms in total. The van der Waals surface area contributed by atoms with Gasteiger partial charge < -0.3 is 15.0 Å². The Bertz CT molecular complexity index is 704. The molecule has 6 heteroatoms. The Balaban J connectivity index is 0.00000261. The Hall–Kier alpha value is -2.11. The summed E-state index contributed by atoms with van der Waals surface area (Å²) in [5, 5.41) is 3.43. The summed E-state index contributed by atoms with van der Waals surface area (Å²) in [5.41, 5.74) is 1.59. The van der Waals surface area contributed by atoms with Gasteiger partial charge in [-0.1, -0.05) is 12.1 Å². The van der Waals surface area contributed by atoms with Gasteiger partial charge in [0, 0.05) is 17.8 Å². The molecule has 0 spiro atoms. The highest BCUT2D eigenvalue weighted by Crippen LogP contribution is 2.21. The average molecular weight is 390 g/mol. The summed E-state index contributed by atoms with van der Waals surface area (Å²) in [6.07, 6.45) is 4.83. The molecule has 1 aromatic heterocycles. The van der Waals surface area contributed by atoms with E-state index in [1.807, 2.05) is 54.3 Å². The maximum absolute atomic E-state index is 13.3. The number of nitrogens with zero attached hydrogens (tertiary/aromatic N) is 2. The number of hydrogen-bond donors (Lipinski definition) is 1. The first-order chi connectivity index (χ1) is 12.8. The predicted molar refractivity (Wildman–Crippen MR) is 109 cm³/mol. The first kappa shape index (κ1) is 21.2. The zero-order valence-electron chi connectivity index (χ0n) is 15.8. The number of carbonyl (C=O) groups excluding carboxylic acids is 1. The second-order valence-corrected chi connectivity index (χ2v) is 6.55. The second kappa shape index (κ2) is 10.9. The number of rotatable bonds is 6. The van der Waals surface area contributed by atoms with Crippen molar-refractivity contribution in [3.05, 3.63) is 59.9 Å². The molecule has 0 radical (unpaired) electrons. The topological polar surface area (TPSA) is 54.5 Å². The van der Waals surface area contributed by atoms with Crippen LogP contribution in [0.15, 0.2) is 48.7 Å². The average Bonchev–Trinajstić information content (AvgIpc) is 2.96. The Morgan fingerprint density at radius 1 is 1.22 bits per heavy atom. The number of pyridine rings is 1. The fraction of sp³-hybridized carbons (Fsp3) is 0.429. The van der Waals surface area contributed by atoms with E-state index in [1.165, 1.54) is 0 Å². The Kier molecular flexibility index (Phi) is 8.55. The number of nitrogens with one attached hydrogen (secondary N) is 1. The number of halogens is 1. The smallest absolute Gasteiger partial charge is 0.254 e. The zero-order chi connectivity index (χ0) is 18.2. The van der Waals surface area contributed by atoms with E-state index in [0.717, 1.165) is 43.8 Å². The van der Waals surface area contributed by atoms with E-state index >= 15 is 0 Å². The van der Waals surface area contributed by atoms with Crippen LogP contribution in [0, 0.1) is 0 Å². The minimum Gasteiger partial charge on any atom is -0.494 e. The van der Waals surface area contributed by atoms with Crippen LogP contribution in [0.25, 0.3) is 0 Å². The Morgan fingerprint density at radius 2 is 2.11 bits per heavy atom. The lowest BCUT2D eigenvalue weighted by Gasteiger charge is -2.31. The van der Waals surface area contributed by atoms with Crippen molar-refractivity contribution < 1.29 is 9.53 Å². The number of carbonyl (C=O) groups is 1. The number of amides is 1. The van der Waals surface area contributed by atoms with Gasteiger partial charge in [-0.05, 0) is 69.6 Å². The van der Waals surface area contributed by atoms with Crippen LogP contribution in [0.4, 0.5) is 0 Å². The van der Waals surface area contributed by atoms with Crippen LogP contribution in [-0.4, -0.2) is 41.5 Å². The summed E-state index contributed by atoms with van der Waals surface area (Å²) in [4.78, 5) is 19.8. The number of hydrogen-bond acceptors (Lipinski definition) is 4. The molecule has 1 N–H and O–H groups in total. The monoisotopic (exact) mass is 389 g/mol. The van der Waals surface area contributed by atoms with Crippen molar-refractivity contribution in [2.24, 2.45) is 0 Å². The molecular formula is C21H28ClN3O2. The van der Waals surface area contributed by atoms with E-state index in [9.17, 15) is 4.79 Å². The summed E-state index contributed by atoms with van der Waals surface area (Å²) in [6, 6.07) is 13.5. The van der Waals surface area contributed by atoms with E-state index < -0.39 is 0 Å². The molecule has 2 aromatic rings. The summed E-state index contributed by atoms with van der Waals surface area (Å²) in [6.45, 7) is 5.02. The summed E-state index contributed by atoms with van der Waals surface area (Å²) in [7, 11) is 0. The van der Waals surface area contributed by atoms with E-state index in [2.05, 4.69) is 10.3 Å². The van der Waals surface area contributed by atoms with Gasteiger partial charge in [-0.25, -0.2) is 0 Å². The molecule has 1 atom stereocenters. The van der Waals surface area contributed by atoms with Crippen LogP contribution < -0.4 is 10.1 Å². The molecule has 2 heterocycles. The van der Waals surface area contributed by atoms with Gasteiger partial charge in [0.1, 0.15) is 5.75 Å². The molecule has 1 saturated heterocycles. The van der Waals surface area contributed by atoms with Crippen molar-refractivity contribution in [3.63, 3.8) is 0 Å². The quantitative estimate of drug-likeness (QED) is 0.818. The van der Waals surface area contributed by atoms with E-state index in [4.69, 9.17) is 4.74 Å². The first-order valence-corrected chi connectivity index (χ1v) is 9.42. The van der Waals surface area contributed by atoms with Crippen LogP contribution in [0.1, 0.15) is 42.2 Å². The van der Waals surface area contributed by atoms with Gasteiger partial charge in [0.05, 0.1) is 18.8 Å². The highest BCUT2D eigenvalue weighted by molar-refractivity contribution is 5.94. The number of aromatic nitrogens is 1. The lowest BCUT2D eigenvalue weighted by atomic mass is 10.0. The maximum Gasteiger partial charge on any atom is 0.254 e. The van der Waals surface area contributed by atoms with Gasteiger partial charge >= 0.3 is 0 Å². The largest absolute Gasteiger partial charge is 0.494 e. The van der Waals surface area contributed by atoms with Crippen molar-refractivity contribution >= 4 is 18.3 Å². The molecule has 1 aliphatic rings. The first-order valence-electron chi connectivity index (χ1n) is 9.42. The van der Waals surface area contributed by atoms with E-state index in [1.54, 1.807) is 6.20 Å². The van der Waals surface area contributed by atoms with Crippen molar-refractivity contribution in [1.29, 1.82) is 0 Å². The molecule has 27 heavy (non-hydrogen) atoms. The maximum atomic E-state index is 13.3. The van der Waals surface area contributed by atoms with Crippen LogP contribution >= 0.6 is 12.4 Å². The van der Waals surface area contributed by atoms with Crippen molar-refractivity contribution in [1.82, 2.24) is 15.2 Å². The lowest BCUT2D eigenvalue weighted by Crippen LogP contribution is -2.40.